The van der Waals surface area contributed by atoms with Crippen LogP contribution in [0, 0.1) is 5.92 Å². The van der Waals surface area contributed by atoms with Crippen molar-refractivity contribution in [2.24, 2.45) is 5.92 Å². The Labute approximate surface area is 125 Å². The average molecular weight is 298 g/mol. The fourth-order valence-electron chi connectivity index (χ4n) is 3.19. The van der Waals surface area contributed by atoms with E-state index in [2.05, 4.69) is 5.32 Å². The Morgan fingerprint density at radius 1 is 1.14 bits per heavy atom. The van der Waals surface area contributed by atoms with Crippen LogP contribution in [0.3, 0.4) is 0 Å². The smallest absolute Gasteiger partial charge is 0.317 e. The van der Waals surface area contributed by atoms with Crippen molar-refractivity contribution in [3.05, 3.63) is 0 Å². The van der Waals surface area contributed by atoms with Crippen LogP contribution in [-0.2, 0) is 4.79 Å². The Balaban J connectivity index is 1.86. The summed E-state index contributed by atoms with van der Waals surface area (Å²) in [6, 6.07) is 0.156. The summed E-state index contributed by atoms with van der Waals surface area (Å²) >= 11 is 0. The molecule has 2 rings (SSSR count). The van der Waals surface area contributed by atoms with Crippen LogP contribution in [0.15, 0.2) is 0 Å². The standard InChI is InChI=1S/C15H26N2O4/c18-9-3-8-17(13-6-2-7-13)15(21)16-12-5-1-4-11(10-12)14(19)20/h11-13,18H,1-10H2,(H,16,21)(H,19,20). The number of hydrogen-bond donors (Lipinski definition) is 3. The SMILES string of the molecule is O=C(O)C1CCCC(NC(=O)N(CCCO)C2CCC2)C1. The minimum atomic E-state index is -0.759. The van der Waals surface area contributed by atoms with Crippen molar-refractivity contribution in [1.29, 1.82) is 0 Å². The van der Waals surface area contributed by atoms with Crippen molar-refractivity contribution in [2.45, 2.75) is 63.5 Å². The number of aliphatic hydroxyl groups is 1. The second kappa shape index (κ2) is 7.64. The molecule has 0 aliphatic heterocycles. The van der Waals surface area contributed by atoms with E-state index in [1.807, 2.05) is 4.90 Å². The summed E-state index contributed by atoms with van der Waals surface area (Å²) in [5.41, 5.74) is 0. The summed E-state index contributed by atoms with van der Waals surface area (Å²) in [5.74, 6) is -1.09. The van der Waals surface area contributed by atoms with Gasteiger partial charge in [0.05, 0.1) is 5.92 Å². The van der Waals surface area contributed by atoms with E-state index in [4.69, 9.17) is 10.2 Å². The Kier molecular flexibility index (Phi) is 5.85. The zero-order valence-electron chi connectivity index (χ0n) is 12.5. The van der Waals surface area contributed by atoms with Crippen LogP contribution in [0.25, 0.3) is 0 Å². The summed E-state index contributed by atoms with van der Waals surface area (Å²) in [6.07, 6.45) is 6.74. The van der Waals surface area contributed by atoms with Gasteiger partial charge in [-0.3, -0.25) is 4.79 Å². The normalized spacial score (nSPS) is 26.0. The van der Waals surface area contributed by atoms with Crippen LogP contribution >= 0.6 is 0 Å². The van der Waals surface area contributed by atoms with Crippen LogP contribution in [0.2, 0.25) is 0 Å². The van der Waals surface area contributed by atoms with E-state index in [1.54, 1.807) is 0 Å². The average Bonchev–Trinajstić information content (AvgIpc) is 2.41. The molecule has 0 spiro atoms. The third kappa shape index (κ3) is 4.33. The molecular weight excluding hydrogens is 272 g/mol. The molecule has 2 saturated carbocycles. The molecule has 120 valence electrons. The third-order valence-corrected chi connectivity index (χ3v) is 4.68. The van der Waals surface area contributed by atoms with Crippen molar-refractivity contribution in [3.8, 4) is 0 Å². The van der Waals surface area contributed by atoms with Crippen LogP contribution in [0.1, 0.15) is 51.4 Å². The molecule has 21 heavy (non-hydrogen) atoms. The van der Waals surface area contributed by atoms with Gasteiger partial charge in [0.25, 0.3) is 0 Å². The molecule has 0 saturated heterocycles. The molecule has 2 aliphatic carbocycles. The minimum absolute atomic E-state index is 0.0379. The van der Waals surface area contributed by atoms with E-state index in [0.717, 1.165) is 32.1 Å². The topological polar surface area (TPSA) is 89.9 Å². The summed E-state index contributed by atoms with van der Waals surface area (Å²) in [5, 5.41) is 21.1. The number of carboxylic acids is 1. The Morgan fingerprint density at radius 2 is 1.86 bits per heavy atom. The van der Waals surface area contributed by atoms with Gasteiger partial charge in [0, 0.05) is 25.2 Å². The first-order valence-electron chi connectivity index (χ1n) is 8.02. The van der Waals surface area contributed by atoms with Gasteiger partial charge >= 0.3 is 12.0 Å². The third-order valence-electron chi connectivity index (χ3n) is 4.68. The summed E-state index contributed by atoms with van der Waals surface area (Å²) in [6.45, 7) is 0.656. The van der Waals surface area contributed by atoms with Gasteiger partial charge in [-0.15, -0.1) is 0 Å². The lowest BCUT2D eigenvalue weighted by Gasteiger charge is -2.39. The number of nitrogens with one attached hydrogen (secondary N) is 1. The van der Waals surface area contributed by atoms with Gasteiger partial charge in [0.1, 0.15) is 0 Å². The Hall–Kier alpha value is -1.30. The molecule has 2 atom stereocenters. The number of carbonyl (C=O) groups is 2. The second-order valence-electron chi connectivity index (χ2n) is 6.20. The van der Waals surface area contributed by atoms with Crippen LogP contribution in [0.5, 0.6) is 0 Å². The van der Waals surface area contributed by atoms with E-state index in [9.17, 15) is 9.59 Å². The van der Waals surface area contributed by atoms with Crippen molar-refractivity contribution in [3.63, 3.8) is 0 Å². The number of hydrogen-bond acceptors (Lipinski definition) is 3. The van der Waals surface area contributed by atoms with E-state index in [1.165, 1.54) is 0 Å². The fourth-order valence-corrected chi connectivity index (χ4v) is 3.19. The van der Waals surface area contributed by atoms with Gasteiger partial charge in [0.2, 0.25) is 0 Å². The number of carbonyl (C=O) groups excluding carboxylic acids is 1. The number of aliphatic hydroxyl groups excluding tert-OH is 1. The molecule has 0 aromatic rings. The molecule has 0 bridgehead atoms. The monoisotopic (exact) mass is 298 g/mol. The van der Waals surface area contributed by atoms with Gasteiger partial charge in [-0.1, -0.05) is 6.42 Å². The molecule has 2 fully saturated rings. The molecule has 6 nitrogen and oxygen atoms in total. The van der Waals surface area contributed by atoms with Crippen molar-refractivity contribution in [2.75, 3.05) is 13.2 Å². The highest BCUT2D eigenvalue weighted by Crippen LogP contribution is 2.27. The minimum Gasteiger partial charge on any atom is -0.481 e. The maximum absolute atomic E-state index is 12.4. The first-order chi connectivity index (χ1) is 10.1. The van der Waals surface area contributed by atoms with Crippen molar-refractivity contribution in [1.82, 2.24) is 10.2 Å². The molecule has 2 unspecified atom stereocenters. The largest absolute Gasteiger partial charge is 0.481 e. The molecular formula is C15H26N2O4. The molecule has 2 amide bonds. The first-order valence-corrected chi connectivity index (χ1v) is 8.02. The zero-order valence-corrected chi connectivity index (χ0v) is 12.5. The Bertz CT molecular complexity index is 371. The summed E-state index contributed by atoms with van der Waals surface area (Å²) in [7, 11) is 0. The maximum atomic E-state index is 12.4. The molecule has 0 heterocycles. The molecule has 0 aromatic carbocycles. The lowest BCUT2D eigenvalue weighted by molar-refractivity contribution is -0.143. The van der Waals surface area contributed by atoms with Gasteiger partial charge in [-0.05, 0) is 44.9 Å². The van der Waals surface area contributed by atoms with Gasteiger partial charge in [0.15, 0.2) is 0 Å². The number of rotatable bonds is 6. The van der Waals surface area contributed by atoms with Crippen LogP contribution in [0.4, 0.5) is 4.79 Å². The van der Waals surface area contributed by atoms with Crippen molar-refractivity contribution >= 4 is 12.0 Å². The zero-order chi connectivity index (χ0) is 15.2. The second-order valence-corrected chi connectivity index (χ2v) is 6.20. The van der Waals surface area contributed by atoms with E-state index in [-0.39, 0.29) is 30.6 Å². The predicted octanol–water partition coefficient (Wildman–Crippen LogP) is 1.58. The molecule has 6 heteroatoms. The highest BCUT2D eigenvalue weighted by molar-refractivity contribution is 5.75. The van der Waals surface area contributed by atoms with Gasteiger partial charge < -0.3 is 20.4 Å². The molecule has 0 aromatic heterocycles. The lowest BCUT2D eigenvalue weighted by atomic mass is 9.86. The van der Waals surface area contributed by atoms with E-state index < -0.39 is 5.97 Å². The van der Waals surface area contributed by atoms with Crippen molar-refractivity contribution < 1.29 is 19.8 Å². The lowest BCUT2D eigenvalue weighted by Crippen LogP contribution is -2.52. The van der Waals surface area contributed by atoms with E-state index >= 15 is 0 Å². The van der Waals surface area contributed by atoms with Crippen LogP contribution in [-0.4, -0.2) is 52.3 Å². The molecule has 0 radical (unpaired) electrons. The summed E-state index contributed by atoms with van der Waals surface area (Å²) < 4.78 is 0. The van der Waals surface area contributed by atoms with E-state index in [0.29, 0.717) is 25.8 Å². The molecule has 2 aliphatic rings. The first kappa shape index (κ1) is 16.1. The number of carboxylic acid groups (broad SMARTS) is 1. The fraction of sp³-hybridized carbons (Fsp3) is 0.867. The van der Waals surface area contributed by atoms with Crippen LogP contribution < -0.4 is 5.32 Å². The molecule has 3 N–H and O–H groups in total. The maximum Gasteiger partial charge on any atom is 0.317 e. The number of urea groups is 1. The predicted molar refractivity (Wildman–Crippen MR) is 78.0 cm³/mol. The quantitative estimate of drug-likeness (QED) is 0.694. The number of nitrogens with zero attached hydrogens (tertiary/aromatic N) is 1. The summed E-state index contributed by atoms with van der Waals surface area (Å²) in [4.78, 5) is 25.3. The highest BCUT2D eigenvalue weighted by atomic mass is 16.4. The number of aliphatic carboxylic acids is 1. The number of amides is 2. The highest BCUT2D eigenvalue weighted by Gasteiger charge is 2.32. The van der Waals surface area contributed by atoms with Gasteiger partial charge in [-0.2, -0.15) is 0 Å². The van der Waals surface area contributed by atoms with Gasteiger partial charge in [-0.25, -0.2) is 4.79 Å². The Morgan fingerprint density at radius 3 is 2.43 bits per heavy atom.